The smallest absolute Gasteiger partial charge is 0.258 e. The molecule has 5 nitrogen and oxygen atoms in total. The molecule has 0 radical (unpaired) electrons. The highest BCUT2D eigenvalue weighted by Crippen LogP contribution is 2.59. The van der Waals surface area contributed by atoms with Crippen molar-refractivity contribution in [3.8, 4) is 11.5 Å². The van der Waals surface area contributed by atoms with Crippen LogP contribution >= 0.6 is 23.2 Å². The van der Waals surface area contributed by atoms with Gasteiger partial charge in [0.1, 0.15) is 13.2 Å². The van der Waals surface area contributed by atoms with Gasteiger partial charge in [-0.2, -0.15) is 0 Å². The fourth-order valence-electron chi connectivity index (χ4n) is 6.48. The van der Waals surface area contributed by atoms with E-state index in [9.17, 15) is 4.79 Å². The molecule has 0 spiro atoms. The molecule has 1 aromatic heterocycles. The molecule has 3 fully saturated rings. The number of carbonyl (C=O) groups excluding carboxylic acids is 1. The summed E-state index contributed by atoms with van der Waals surface area (Å²) < 4.78 is 11.6. The minimum atomic E-state index is -0.0399. The molecule has 3 aromatic rings. The number of pyridine rings is 1. The van der Waals surface area contributed by atoms with Crippen molar-refractivity contribution >= 4 is 34.8 Å². The van der Waals surface area contributed by atoms with Crippen LogP contribution in [0.25, 0.3) is 0 Å². The van der Waals surface area contributed by atoms with Gasteiger partial charge >= 0.3 is 0 Å². The van der Waals surface area contributed by atoms with E-state index in [4.69, 9.17) is 32.7 Å². The average molecular weight is 537 g/mol. The molecule has 7 rings (SSSR count). The van der Waals surface area contributed by atoms with Gasteiger partial charge in [0.25, 0.3) is 5.91 Å². The van der Waals surface area contributed by atoms with Gasteiger partial charge in [-0.1, -0.05) is 29.3 Å². The van der Waals surface area contributed by atoms with E-state index in [-0.39, 0.29) is 16.7 Å². The number of fused-ring (bicyclic) bond motifs is 4. The Morgan fingerprint density at radius 2 is 1.59 bits per heavy atom. The topological polar surface area (TPSA) is 51.7 Å². The fourth-order valence-corrected chi connectivity index (χ4v) is 6.99. The van der Waals surface area contributed by atoms with Crippen LogP contribution in [-0.4, -0.2) is 30.6 Å². The van der Waals surface area contributed by atoms with Gasteiger partial charge < -0.3 is 14.4 Å². The summed E-state index contributed by atoms with van der Waals surface area (Å²) >= 11 is 12.8. The lowest BCUT2D eigenvalue weighted by atomic mass is 9.51. The number of rotatable bonds is 5. The Balaban J connectivity index is 1.28. The summed E-state index contributed by atoms with van der Waals surface area (Å²) in [5, 5.41) is 1.04. The van der Waals surface area contributed by atoms with E-state index in [1.165, 1.54) is 5.56 Å². The van der Waals surface area contributed by atoms with Gasteiger partial charge in [-0.25, -0.2) is 0 Å². The molecule has 37 heavy (non-hydrogen) atoms. The number of carbonyl (C=O) groups is 1. The number of halogens is 2. The molecule has 3 saturated carbocycles. The standard InChI is InChI=1S/C30H30Cl2N2O3/c1-20-18-33-11-4-25(20)28(35)34(24-16-22(31)15-23(32)17-24)19-29-5-8-30(9-6-29,10-7-29)21-2-3-26-27(14-21)37-13-12-36-26/h2-4,11,14-18H,5-10,12-13,19H2,1H3. The van der Waals surface area contributed by atoms with E-state index < -0.39 is 0 Å². The SMILES string of the molecule is Cc1cnccc1C(=O)N(CC12CCC(c3ccc4c(c3)OCCO4)(CC1)CC2)c1cc(Cl)cc(Cl)c1. The lowest BCUT2D eigenvalue weighted by molar-refractivity contribution is 0.0439. The Morgan fingerprint density at radius 1 is 0.919 bits per heavy atom. The molecule has 2 aromatic carbocycles. The third kappa shape index (κ3) is 4.57. The molecule has 2 heterocycles. The number of amides is 1. The van der Waals surface area contributed by atoms with Crippen molar-refractivity contribution in [3.05, 3.63) is 81.6 Å². The summed E-state index contributed by atoms with van der Waals surface area (Å²) in [7, 11) is 0. The molecule has 1 aliphatic heterocycles. The van der Waals surface area contributed by atoms with Crippen molar-refractivity contribution in [1.29, 1.82) is 0 Å². The van der Waals surface area contributed by atoms with Gasteiger partial charge in [0.15, 0.2) is 11.5 Å². The maximum atomic E-state index is 13.9. The first kappa shape index (κ1) is 24.6. The van der Waals surface area contributed by atoms with E-state index in [2.05, 4.69) is 23.2 Å². The Labute approximate surface area is 227 Å². The van der Waals surface area contributed by atoms with Gasteiger partial charge in [-0.05, 0) is 104 Å². The van der Waals surface area contributed by atoms with Crippen molar-refractivity contribution in [2.45, 2.75) is 50.9 Å². The second kappa shape index (κ2) is 9.52. The molecule has 1 amide bonds. The summed E-state index contributed by atoms with van der Waals surface area (Å²) in [5.41, 5.74) is 3.82. The van der Waals surface area contributed by atoms with Crippen LogP contribution in [0, 0.1) is 12.3 Å². The zero-order valence-electron chi connectivity index (χ0n) is 20.9. The molecule has 0 saturated heterocycles. The van der Waals surface area contributed by atoms with Crippen molar-refractivity contribution in [3.63, 3.8) is 0 Å². The predicted octanol–water partition coefficient (Wildman–Crippen LogP) is 7.41. The minimum Gasteiger partial charge on any atom is -0.486 e. The lowest BCUT2D eigenvalue weighted by Gasteiger charge is -2.55. The third-order valence-corrected chi connectivity index (χ3v) is 9.14. The van der Waals surface area contributed by atoms with E-state index in [0.29, 0.717) is 35.4 Å². The molecule has 4 aliphatic rings. The quantitative estimate of drug-likeness (QED) is 0.340. The molecule has 0 atom stereocenters. The lowest BCUT2D eigenvalue weighted by Crippen LogP contribution is -2.50. The normalized spacial score (nSPS) is 24.1. The Kier molecular flexibility index (Phi) is 6.32. The molecule has 0 N–H and O–H groups in total. The molecule has 192 valence electrons. The van der Waals surface area contributed by atoms with Crippen LogP contribution in [0.1, 0.15) is 60.0 Å². The predicted molar refractivity (Wildman–Crippen MR) is 146 cm³/mol. The van der Waals surface area contributed by atoms with Crippen molar-refractivity contribution in [2.75, 3.05) is 24.7 Å². The Hall–Kier alpha value is -2.76. The van der Waals surface area contributed by atoms with Crippen LogP contribution in [0.2, 0.25) is 10.0 Å². The molecular formula is C30H30Cl2N2O3. The average Bonchev–Trinajstić information content (AvgIpc) is 2.92. The summed E-state index contributed by atoms with van der Waals surface area (Å²) in [6.45, 7) is 3.76. The van der Waals surface area contributed by atoms with Crippen LogP contribution in [0.15, 0.2) is 54.9 Å². The molecule has 3 aliphatic carbocycles. The number of nitrogens with zero attached hydrogens (tertiary/aromatic N) is 2. The summed E-state index contributed by atoms with van der Waals surface area (Å²) in [6, 6.07) is 13.7. The highest BCUT2D eigenvalue weighted by molar-refractivity contribution is 6.35. The van der Waals surface area contributed by atoms with Crippen molar-refractivity contribution in [1.82, 2.24) is 4.98 Å². The zero-order valence-corrected chi connectivity index (χ0v) is 22.4. The van der Waals surface area contributed by atoms with Gasteiger partial charge in [-0.15, -0.1) is 0 Å². The molecule has 7 heteroatoms. The van der Waals surface area contributed by atoms with Crippen molar-refractivity contribution in [2.24, 2.45) is 5.41 Å². The summed E-state index contributed by atoms with van der Waals surface area (Å²) in [6.07, 6.45) is 9.89. The zero-order chi connectivity index (χ0) is 25.6. The molecule has 0 unspecified atom stereocenters. The maximum Gasteiger partial charge on any atom is 0.258 e. The first-order valence-electron chi connectivity index (χ1n) is 13.0. The largest absolute Gasteiger partial charge is 0.486 e. The highest BCUT2D eigenvalue weighted by atomic mass is 35.5. The first-order chi connectivity index (χ1) is 17.9. The number of aromatic nitrogens is 1. The fraction of sp³-hybridized carbons (Fsp3) is 0.400. The third-order valence-electron chi connectivity index (χ3n) is 8.70. The number of anilines is 1. The van der Waals surface area contributed by atoms with Crippen LogP contribution in [0.5, 0.6) is 11.5 Å². The first-order valence-corrected chi connectivity index (χ1v) is 13.7. The number of ether oxygens (including phenoxy) is 2. The van der Waals surface area contributed by atoms with E-state index in [1.807, 2.05) is 24.0 Å². The van der Waals surface area contributed by atoms with E-state index in [1.54, 1.807) is 24.5 Å². The van der Waals surface area contributed by atoms with E-state index >= 15 is 0 Å². The molecular weight excluding hydrogens is 507 g/mol. The summed E-state index contributed by atoms with van der Waals surface area (Å²) in [4.78, 5) is 20.0. The van der Waals surface area contributed by atoms with Crippen molar-refractivity contribution < 1.29 is 14.3 Å². The molecule has 2 bridgehead atoms. The number of hydrogen-bond donors (Lipinski definition) is 0. The van der Waals surface area contributed by atoms with Gasteiger partial charge in [-0.3, -0.25) is 9.78 Å². The van der Waals surface area contributed by atoms with Gasteiger partial charge in [0.05, 0.1) is 0 Å². The van der Waals surface area contributed by atoms with E-state index in [0.717, 1.165) is 61.3 Å². The van der Waals surface area contributed by atoms with Gasteiger partial charge in [0.2, 0.25) is 0 Å². The summed E-state index contributed by atoms with van der Waals surface area (Å²) in [5.74, 6) is 1.66. The van der Waals surface area contributed by atoms with Crippen LogP contribution in [0.4, 0.5) is 5.69 Å². The number of hydrogen-bond acceptors (Lipinski definition) is 4. The van der Waals surface area contributed by atoms with Crippen LogP contribution < -0.4 is 14.4 Å². The number of benzene rings is 2. The Morgan fingerprint density at radius 3 is 2.27 bits per heavy atom. The van der Waals surface area contributed by atoms with Crippen LogP contribution in [-0.2, 0) is 5.41 Å². The Bertz CT molecular complexity index is 1310. The number of aryl methyl sites for hydroxylation is 1. The second-order valence-corrected chi connectivity index (χ2v) is 11.7. The monoisotopic (exact) mass is 536 g/mol. The minimum absolute atomic E-state index is 0.0399. The van der Waals surface area contributed by atoms with Gasteiger partial charge in [0, 0.05) is 40.2 Å². The maximum absolute atomic E-state index is 13.9. The second-order valence-electron chi connectivity index (χ2n) is 10.8. The highest BCUT2D eigenvalue weighted by Gasteiger charge is 2.50. The van der Waals surface area contributed by atoms with Crippen LogP contribution in [0.3, 0.4) is 0 Å².